The van der Waals surface area contributed by atoms with E-state index < -0.39 is 75.6 Å². The summed E-state index contributed by atoms with van der Waals surface area (Å²) in [5.41, 5.74) is 0. The molecule has 0 bridgehead atoms. The van der Waals surface area contributed by atoms with Crippen molar-refractivity contribution in [1.82, 2.24) is 0 Å². The number of nitro groups is 1. The van der Waals surface area contributed by atoms with Crippen LogP contribution in [0.3, 0.4) is 0 Å². The maximum absolute atomic E-state index is 11.8. The summed E-state index contributed by atoms with van der Waals surface area (Å²) in [4.78, 5) is 65.8. The summed E-state index contributed by atoms with van der Waals surface area (Å²) in [5, 5.41) is 11.2. The first-order chi connectivity index (χ1) is 14.7. The lowest BCUT2D eigenvalue weighted by molar-refractivity contribution is -0.493. The Morgan fingerprint density at radius 3 is 1.50 bits per heavy atom. The van der Waals surface area contributed by atoms with Gasteiger partial charge in [0.25, 0.3) is 4.95 Å². The van der Waals surface area contributed by atoms with Crippen LogP contribution < -0.4 is 0 Å². The Morgan fingerprint density at radius 1 is 0.719 bits per heavy atom. The van der Waals surface area contributed by atoms with Crippen LogP contribution in [0.25, 0.3) is 0 Å². The van der Waals surface area contributed by atoms with E-state index in [-0.39, 0.29) is 0 Å². The Morgan fingerprint density at radius 2 is 1.12 bits per heavy atom. The van der Waals surface area contributed by atoms with Crippen molar-refractivity contribution in [3.63, 3.8) is 0 Å². The smallest absolute Gasteiger partial charge is 0.303 e. The fourth-order valence-corrected chi connectivity index (χ4v) is 3.35. The maximum atomic E-state index is 11.8. The number of hydrogen-bond donors (Lipinski definition) is 0. The fourth-order valence-electron chi connectivity index (χ4n) is 2.45. The van der Waals surface area contributed by atoms with Crippen LogP contribution >= 0.6 is 31.9 Å². The first-order valence-corrected chi connectivity index (χ1v) is 10.7. The number of halogens is 2. The van der Waals surface area contributed by atoms with Gasteiger partial charge in [-0.25, -0.2) is 0 Å². The predicted molar refractivity (Wildman–Crippen MR) is 111 cm³/mol. The summed E-state index contributed by atoms with van der Waals surface area (Å²) in [6.45, 7) is 4.43. The molecule has 0 radical (unpaired) electrons. The first kappa shape index (κ1) is 29.7. The van der Waals surface area contributed by atoms with E-state index >= 15 is 0 Å². The quantitative estimate of drug-likeness (QED) is 0.0787. The number of carbonyl (C=O) groups is 5. The van der Waals surface area contributed by atoms with E-state index in [2.05, 4.69) is 31.9 Å². The van der Waals surface area contributed by atoms with Gasteiger partial charge in [0.2, 0.25) is 0 Å². The number of esters is 5. The van der Waals surface area contributed by atoms with E-state index in [0.29, 0.717) is 0 Å². The minimum absolute atomic E-state index is 0.628. The van der Waals surface area contributed by atoms with Crippen LogP contribution in [0.15, 0.2) is 0 Å². The molecule has 0 saturated heterocycles. The van der Waals surface area contributed by atoms with Gasteiger partial charge in [0.15, 0.2) is 24.4 Å². The SMILES string of the molecule is CC(=O)OC[C@@H](OC(C)=O)[C@@H](OC(C)=O)[C@H](OC(C)=O)[C@H](OC(C)=O)[C@H](Br)[C@H](Br)[N+](=O)[O-]. The second kappa shape index (κ2) is 14.0. The van der Waals surface area contributed by atoms with E-state index in [4.69, 9.17) is 23.7 Å². The summed E-state index contributed by atoms with van der Waals surface area (Å²) in [7, 11) is 0. The number of ether oxygens (including phenoxy) is 5. The second-order valence-corrected chi connectivity index (χ2v) is 8.27. The third kappa shape index (κ3) is 10.8. The van der Waals surface area contributed by atoms with E-state index in [1.54, 1.807) is 0 Å². The number of alkyl halides is 2. The highest BCUT2D eigenvalue weighted by Gasteiger charge is 2.49. The Bertz CT molecular complexity index is 730. The standard InChI is InChI=1S/C17H23Br2NO12/c1-7(21)28-6-12(29-8(2)22)14(30-9(3)23)16(32-11(5)25)15(31-10(4)24)13(18)17(19)20(26)27/h12-17H,6H2,1-5H3/t12-,13+,14-,15-,16+,17-/m1/s1. The molecular weight excluding hydrogens is 570 g/mol. The average molecular weight is 593 g/mol. The summed E-state index contributed by atoms with van der Waals surface area (Å²) in [6.07, 6.45) is -6.54. The third-order valence-electron chi connectivity index (χ3n) is 3.47. The molecule has 0 rings (SSSR count). The lowest BCUT2D eigenvalue weighted by Gasteiger charge is -2.36. The van der Waals surface area contributed by atoms with Crippen molar-refractivity contribution in [1.29, 1.82) is 0 Å². The van der Waals surface area contributed by atoms with Crippen LogP contribution in [0.5, 0.6) is 0 Å². The lowest BCUT2D eigenvalue weighted by atomic mass is 9.99. The largest absolute Gasteiger partial charge is 0.462 e. The van der Waals surface area contributed by atoms with Crippen molar-refractivity contribution >= 4 is 61.7 Å². The monoisotopic (exact) mass is 591 g/mol. The highest BCUT2D eigenvalue weighted by molar-refractivity contribution is 9.12. The molecule has 6 atom stereocenters. The van der Waals surface area contributed by atoms with E-state index in [0.717, 1.165) is 34.6 Å². The van der Waals surface area contributed by atoms with Crippen LogP contribution in [0.2, 0.25) is 0 Å². The van der Waals surface area contributed by atoms with Gasteiger partial charge in [-0.3, -0.25) is 34.1 Å². The molecule has 15 heteroatoms. The average Bonchev–Trinajstić information content (AvgIpc) is 2.63. The van der Waals surface area contributed by atoms with Gasteiger partial charge in [0, 0.05) is 39.5 Å². The van der Waals surface area contributed by atoms with Gasteiger partial charge in [0.1, 0.15) is 11.4 Å². The van der Waals surface area contributed by atoms with E-state index in [9.17, 15) is 34.1 Å². The molecule has 0 aliphatic heterocycles. The minimum Gasteiger partial charge on any atom is -0.462 e. The molecule has 32 heavy (non-hydrogen) atoms. The van der Waals surface area contributed by atoms with Gasteiger partial charge in [0.05, 0.1) is 0 Å². The predicted octanol–water partition coefficient (Wildman–Crippen LogP) is 1.04. The summed E-state index contributed by atoms with van der Waals surface area (Å²) < 4.78 is 25.5. The molecule has 0 aromatic carbocycles. The van der Waals surface area contributed by atoms with Crippen molar-refractivity contribution in [3.8, 4) is 0 Å². The highest BCUT2D eigenvalue weighted by atomic mass is 79.9. The topological polar surface area (TPSA) is 175 Å². The molecule has 0 N–H and O–H groups in total. The van der Waals surface area contributed by atoms with Crippen molar-refractivity contribution in [2.75, 3.05) is 6.61 Å². The number of nitrogens with zero attached hydrogens (tertiary/aromatic N) is 1. The van der Waals surface area contributed by atoms with Gasteiger partial charge in [-0.05, 0) is 15.9 Å². The molecule has 0 aliphatic carbocycles. The summed E-state index contributed by atoms with van der Waals surface area (Å²) >= 11 is 5.86. The molecule has 0 fully saturated rings. The Hall–Kier alpha value is -2.29. The number of carbonyl (C=O) groups excluding carboxylic acids is 5. The Labute approximate surface area is 199 Å². The zero-order chi connectivity index (χ0) is 25.2. The van der Waals surface area contributed by atoms with Crippen LogP contribution in [-0.2, 0) is 47.7 Å². The van der Waals surface area contributed by atoms with Crippen molar-refractivity contribution in [2.24, 2.45) is 0 Å². The zero-order valence-corrected chi connectivity index (χ0v) is 20.9. The zero-order valence-electron chi connectivity index (χ0n) is 17.8. The molecule has 0 saturated carbocycles. The molecule has 0 aliphatic rings. The first-order valence-electron chi connectivity index (χ1n) is 8.91. The molecule has 0 heterocycles. The van der Waals surface area contributed by atoms with Gasteiger partial charge >= 0.3 is 29.8 Å². The van der Waals surface area contributed by atoms with Crippen molar-refractivity contribution in [2.45, 2.75) is 68.8 Å². The van der Waals surface area contributed by atoms with Crippen molar-refractivity contribution < 1.29 is 52.6 Å². The van der Waals surface area contributed by atoms with E-state index in [1.807, 2.05) is 0 Å². The lowest BCUT2D eigenvalue weighted by Crippen LogP contribution is -2.56. The van der Waals surface area contributed by atoms with Gasteiger partial charge < -0.3 is 23.7 Å². The summed E-state index contributed by atoms with van der Waals surface area (Å²) in [5.74, 6) is -4.42. The second-order valence-electron chi connectivity index (χ2n) is 6.28. The summed E-state index contributed by atoms with van der Waals surface area (Å²) in [6, 6.07) is 0. The molecule has 13 nitrogen and oxygen atoms in total. The molecule has 0 spiro atoms. The highest BCUT2D eigenvalue weighted by Crippen LogP contribution is 2.29. The normalized spacial score (nSPS) is 16.2. The van der Waals surface area contributed by atoms with Gasteiger partial charge in [-0.15, -0.1) is 0 Å². The maximum Gasteiger partial charge on any atom is 0.303 e. The minimum atomic E-state index is -1.72. The van der Waals surface area contributed by atoms with Gasteiger partial charge in [-0.1, -0.05) is 15.9 Å². The molecule has 0 unspecified atom stereocenters. The molecule has 182 valence electrons. The molecule has 0 aromatic heterocycles. The van der Waals surface area contributed by atoms with Crippen LogP contribution in [-0.4, -0.2) is 75.6 Å². The van der Waals surface area contributed by atoms with Crippen LogP contribution in [0.4, 0.5) is 0 Å². The van der Waals surface area contributed by atoms with E-state index in [1.165, 1.54) is 0 Å². The third-order valence-corrected chi connectivity index (χ3v) is 6.10. The number of hydrogen-bond acceptors (Lipinski definition) is 12. The Kier molecular flexibility index (Phi) is 13.0. The molecular formula is C17H23Br2NO12. The van der Waals surface area contributed by atoms with Crippen LogP contribution in [0, 0.1) is 10.1 Å². The number of rotatable bonds is 12. The molecule has 0 aromatic rings. The van der Waals surface area contributed by atoms with Gasteiger partial charge in [-0.2, -0.15) is 0 Å². The molecule has 0 amide bonds. The van der Waals surface area contributed by atoms with Crippen molar-refractivity contribution in [3.05, 3.63) is 10.1 Å². The fraction of sp³-hybridized carbons (Fsp3) is 0.706. The Balaban J connectivity index is 6.56. The van der Waals surface area contributed by atoms with Crippen LogP contribution in [0.1, 0.15) is 34.6 Å².